The van der Waals surface area contributed by atoms with E-state index in [-0.39, 0.29) is 35.5 Å². The lowest BCUT2D eigenvalue weighted by molar-refractivity contribution is -0.123. The van der Waals surface area contributed by atoms with Gasteiger partial charge in [-0.25, -0.2) is 4.90 Å². The van der Waals surface area contributed by atoms with Crippen molar-refractivity contribution in [2.24, 2.45) is 23.7 Å². The molecule has 102 valence electrons. The normalized spacial score (nSPS) is 34.2. The van der Waals surface area contributed by atoms with Crippen molar-refractivity contribution in [3.05, 3.63) is 40.9 Å². The summed E-state index contributed by atoms with van der Waals surface area (Å²) in [6, 6.07) is 5.36. The van der Waals surface area contributed by atoms with Crippen LogP contribution in [0.1, 0.15) is 12.0 Å². The van der Waals surface area contributed by atoms with Gasteiger partial charge < -0.3 is 0 Å². The van der Waals surface area contributed by atoms with Gasteiger partial charge in [-0.15, -0.1) is 0 Å². The van der Waals surface area contributed by atoms with Crippen molar-refractivity contribution in [1.29, 1.82) is 0 Å². The van der Waals surface area contributed by atoms with Crippen LogP contribution in [0.2, 0.25) is 5.02 Å². The Kier molecular flexibility index (Phi) is 2.40. The highest BCUT2D eigenvalue weighted by atomic mass is 35.5. The highest BCUT2D eigenvalue weighted by Crippen LogP contribution is 2.53. The Balaban J connectivity index is 1.80. The van der Waals surface area contributed by atoms with E-state index in [4.69, 9.17) is 11.6 Å². The number of halogens is 1. The highest BCUT2D eigenvalue weighted by Gasteiger charge is 2.59. The monoisotopic (exact) mass is 287 g/mol. The average molecular weight is 288 g/mol. The quantitative estimate of drug-likeness (QED) is 0.588. The third kappa shape index (κ3) is 1.36. The fourth-order valence-electron chi connectivity index (χ4n) is 3.98. The molecule has 0 radical (unpaired) electrons. The molecule has 1 aromatic carbocycles. The van der Waals surface area contributed by atoms with Gasteiger partial charge in [0.25, 0.3) is 0 Å². The van der Waals surface area contributed by atoms with Gasteiger partial charge >= 0.3 is 0 Å². The van der Waals surface area contributed by atoms with Crippen LogP contribution in [0, 0.1) is 30.6 Å². The summed E-state index contributed by atoms with van der Waals surface area (Å²) in [4.78, 5) is 26.7. The van der Waals surface area contributed by atoms with Gasteiger partial charge in [-0.2, -0.15) is 0 Å². The fraction of sp³-hybridized carbons (Fsp3) is 0.375. The van der Waals surface area contributed by atoms with Gasteiger partial charge in [0.05, 0.1) is 17.5 Å². The third-order valence-corrected chi connectivity index (χ3v) is 5.36. The van der Waals surface area contributed by atoms with E-state index in [1.54, 1.807) is 18.2 Å². The first-order chi connectivity index (χ1) is 9.59. The van der Waals surface area contributed by atoms with Crippen LogP contribution in [-0.4, -0.2) is 11.8 Å². The van der Waals surface area contributed by atoms with Gasteiger partial charge in [-0.05, 0) is 42.9 Å². The maximum Gasteiger partial charge on any atom is 0.238 e. The molecule has 4 heteroatoms. The number of hydrogen-bond donors (Lipinski definition) is 0. The van der Waals surface area contributed by atoms with Crippen LogP contribution < -0.4 is 4.90 Å². The van der Waals surface area contributed by atoms with Gasteiger partial charge in [0.2, 0.25) is 11.8 Å². The molecule has 1 saturated heterocycles. The van der Waals surface area contributed by atoms with Gasteiger partial charge in [-0.1, -0.05) is 29.8 Å². The van der Waals surface area contributed by atoms with E-state index in [2.05, 4.69) is 12.2 Å². The van der Waals surface area contributed by atoms with Crippen molar-refractivity contribution in [3.63, 3.8) is 0 Å². The fourth-order valence-corrected chi connectivity index (χ4v) is 4.15. The summed E-state index contributed by atoms with van der Waals surface area (Å²) in [6.07, 6.45) is 5.16. The number of amides is 2. The number of hydrogen-bond acceptors (Lipinski definition) is 2. The van der Waals surface area contributed by atoms with Crippen LogP contribution in [0.15, 0.2) is 30.4 Å². The van der Waals surface area contributed by atoms with Gasteiger partial charge in [-0.3, -0.25) is 9.59 Å². The smallest absolute Gasteiger partial charge is 0.238 e. The lowest BCUT2D eigenvalue weighted by atomic mass is 9.85. The largest absolute Gasteiger partial charge is 0.274 e. The van der Waals surface area contributed by atoms with Crippen LogP contribution in [0.3, 0.4) is 0 Å². The SMILES string of the molecule is Cc1c(Cl)cccc1N1C(=O)[C@@H]2[C@H](C1=O)[C@H]1C=C[C@H]2C1. The third-order valence-electron chi connectivity index (χ3n) is 4.95. The predicted octanol–water partition coefficient (Wildman–Crippen LogP) is 2.96. The average Bonchev–Trinajstić information content (AvgIpc) is 3.09. The number of imide groups is 1. The number of carbonyl (C=O) groups excluding carboxylic acids is 2. The highest BCUT2D eigenvalue weighted by molar-refractivity contribution is 6.32. The van der Waals surface area contributed by atoms with Crippen molar-refractivity contribution in [2.75, 3.05) is 4.90 Å². The second-order valence-electron chi connectivity index (χ2n) is 5.90. The van der Waals surface area contributed by atoms with E-state index in [1.165, 1.54) is 4.90 Å². The molecule has 2 amide bonds. The molecule has 0 unspecified atom stereocenters. The van der Waals surface area contributed by atoms with Crippen molar-refractivity contribution in [1.82, 2.24) is 0 Å². The molecule has 0 spiro atoms. The minimum absolute atomic E-state index is 0.0535. The molecule has 20 heavy (non-hydrogen) atoms. The number of fused-ring (bicyclic) bond motifs is 5. The molecule has 1 aliphatic heterocycles. The number of nitrogens with zero attached hydrogens (tertiary/aromatic N) is 1. The Bertz CT molecular complexity index is 636. The molecule has 2 fully saturated rings. The topological polar surface area (TPSA) is 37.4 Å². The molecule has 1 heterocycles. The summed E-state index contributed by atoms with van der Waals surface area (Å²) in [5.74, 6) is 0.0630. The minimum Gasteiger partial charge on any atom is -0.274 e. The molecule has 0 N–H and O–H groups in total. The first-order valence-corrected chi connectivity index (χ1v) is 7.28. The van der Waals surface area contributed by atoms with E-state index < -0.39 is 0 Å². The maximum atomic E-state index is 12.7. The lowest BCUT2D eigenvalue weighted by Gasteiger charge is -2.19. The molecule has 2 bridgehead atoms. The molecule has 4 rings (SSSR count). The van der Waals surface area contributed by atoms with E-state index >= 15 is 0 Å². The number of allylic oxidation sites excluding steroid dienone is 2. The summed E-state index contributed by atoms with van der Waals surface area (Å²) in [5.41, 5.74) is 1.43. The number of rotatable bonds is 1. The predicted molar refractivity (Wildman–Crippen MR) is 76.4 cm³/mol. The van der Waals surface area contributed by atoms with Crippen molar-refractivity contribution < 1.29 is 9.59 Å². The zero-order chi connectivity index (χ0) is 14.0. The molecule has 2 aliphatic carbocycles. The molecular formula is C16H14ClNO2. The summed E-state index contributed by atoms with van der Waals surface area (Å²) < 4.78 is 0. The summed E-state index contributed by atoms with van der Waals surface area (Å²) >= 11 is 6.12. The molecule has 1 saturated carbocycles. The van der Waals surface area contributed by atoms with Crippen LogP contribution in [0.4, 0.5) is 5.69 Å². The number of anilines is 1. The van der Waals surface area contributed by atoms with Crippen LogP contribution >= 0.6 is 11.6 Å². The summed E-state index contributed by atoms with van der Waals surface area (Å²) in [7, 11) is 0. The Morgan fingerprint density at radius 1 is 1.10 bits per heavy atom. The lowest BCUT2D eigenvalue weighted by Crippen LogP contribution is -2.33. The maximum absolute atomic E-state index is 12.7. The van der Waals surface area contributed by atoms with E-state index in [1.807, 2.05) is 6.92 Å². The number of carbonyl (C=O) groups is 2. The van der Waals surface area contributed by atoms with E-state index in [0.717, 1.165) is 12.0 Å². The van der Waals surface area contributed by atoms with Gasteiger partial charge in [0.15, 0.2) is 0 Å². The number of benzene rings is 1. The standard InChI is InChI=1S/C16H14ClNO2/c1-8-11(17)3-2-4-12(8)18-15(19)13-9-5-6-10(7-9)14(13)16(18)20/h2-6,9-10,13-14H,7H2,1H3/t9-,10-,13-,14+/m0/s1. The molecule has 3 nitrogen and oxygen atoms in total. The zero-order valence-corrected chi connectivity index (χ0v) is 11.8. The molecule has 3 aliphatic rings. The van der Waals surface area contributed by atoms with Crippen molar-refractivity contribution in [3.8, 4) is 0 Å². The summed E-state index contributed by atoms with van der Waals surface area (Å²) in [5, 5.41) is 0.584. The van der Waals surface area contributed by atoms with Gasteiger partial charge in [0.1, 0.15) is 0 Å². The molecule has 0 aromatic heterocycles. The Morgan fingerprint density at radius 3 is 2.30 bits per heavy atom. The van der Waals surface area contributed by atoms with Crippen molar-refractivity contribution >= 4 is 29.1 Å². The minimum atomic E-state index is -0.157. The second kappa shape index (κ2) is 3.95. The van der Waals surface area contributed by atoms with Gasteiger partial charge in [0, 0.05) is 5.02 Å². The Morgan fingerprint density at radius 2 is 1.70 bits per heavy atom. The zero-order valence-electron chi connectivity index (χ0n) is 11.0. The van der Waals surface area contributed by atoms with Crippen molar-refractivity contribution in [2.45, 2.75) is 13.3 Å². The van der Waals surface area contributed by atoms with Crippen LogP contribution in [0.25, 0.3) is 0 Å². The van der Waals surface area contributed by atoms with E-state index in [0.29, 0.717) is 10.7 Å². The Labute approximate surface area is 122 Å². The van der Waals surface area contributed by atoms with E-state index in [9.17, 15) is 9.59 Å². The molecule has 4 atom stereocenters. The summed E-state index contributed by atoms with van der Waals surface area (Å²) in [6.45, 7) is 1.85. The van der Waals surface area contributed by atoms with Crippen LogP contribution in [-0.2, 0) is 9.59 Å². The van der Waals surface area contributed by atoms with Crippen LogP contribution in [0.5, 0.6) is 0 Å². The first-order valence-electron chi connectivity index (χ1n) is 6.91. The first kappa shape index (κ1) is 12.2. The molecule has 1 aromatic rings. The Hall–Kier alpha value is -1.61. The second-order valence-corrected chi connectivity index (χ2v) is 6.30. The molecular weight excluding hydrogens is 274 g/mol.